The third-order valence-electron chi connectivity index (χ3n) is 4.08. The molecule has 7 heteroatoms. The Kier molecular flexibility index (Phi) is 6.06. The molecule has 0 saturated heterocycles. The van der Waals surface area contributed by atoms with Crippen molar-refractivity contribution in [3.05, 3.63) is 54.4 Å². The minimum Gasteiger partial charge on any atom is -0.497 e. The number of hydrogen-bond donors (Lipinski definition) is 1. The number of nitrogens with zero attached hydrogens (tertiary/aromatic N) is 4. The molecule has 0 spiro atoms. The third-order valence-corrected chi connectivity index (χ3v) is 4.08. The summed E-state index contributed by atoms with van der Waals surface area (Å²) in [4.78, 5) is 13.0. The van der Waals surface area contributed by atoms with E-state index in [9.17, 15) is 0 Å². The Labute approximate surface area is 164 Å². The van der Waals surface area contributed by atoms with Gasteiger partial charge in [0.1, 0.15) is 23.0 Å². The average molecular weight is 377 g/mol. The zero-order valence-corrected chi connectivity index (χ0v) is 16.2. The fraction of sp³-hybridized carbons (Fsp3) is 0.190. The minimum atomic E-state index is 0.462. The molecule has 0 amide bonds. The van der Waals surface area contributed by atoms with Crippen LogP contribution in [0.1, 0.15) is 5.56 Å². The first-order valence-electron chi connectivity index (χ1n) is 8.72. The normalized spacial score (nSPS) is 10.8. The number of hydrogen-bond acceptors (Lipinski definition) is 6. The van der Waals surface area contributed by atoms with Crippen molar-refractivity contribution < 1.29 is 9.47 Å². The molecule has 0 fully saturated rings. The van der Waals surface area contributed by atoms with E-state index in [1.807, 2.05) is 48.3 Å². The van der Waals surface area contributed by atoms with Gasteiger partial charge in [-0.2, -0.15) is 0 Å². The van der Waals surface area contributed by atoms with Crippen molar-refractivity contribution in [2.24, 2.45) is 17.0 Å². The highest BCUT2D eigenvalue weighted by Gasteiger charge is 2.06. The van der Waals surface area contributed by atoms with E-state index in [-0.39, 0.29) is 0 Å². The maximum Gasteiger partial charge on any atom is 0.179 e. The number of benzene rings is 1. The maximum atomic E-state index is 5.29. The lowest BCUT2D eigenvalue weighted by Crippen LogP contribution is -1.95. The second-order valence-electron chi connectivity index (χ2n) is 6.12. The van der Waals surface area contributed by atoms with Crippen LogP contribution in [0.3, 0.4) is 0 Å². The van der Waals surface area contributed by atoms with E-state index in [0.29, 0.717) is 28.8 Å². The lowest BCUT2D eigenvalue weighted by molar-refractivity contribution is 0.395. The first kappa shape index (κ1) is 19.2. The van der Waals surface area contributed by atoms with E-state index in [4.69, 9.17) is 9.47 Å². The Bertz CT molecular complexity index is 972. The van der Waals surface area contributed by atoms with Crippen LogP contribution in [0.15, 0.2) is 58.8 Å². The predicted octanol–water partition coefficient (Wildman–Crippen LogP) is 4.46. The van der Waals surface area contributed by atoms with Gasteiger partial charge in [-0.1, -0.05) is 0 Å². The molecule has 2 aromatic heterocycles. The standard InChI is InChI=1S/C21H23N5O2/c1-22-21-19(23-9-7-15-8-10-26(2)14-15)5-6-20(25-21)24-16-11-17(27-3)13-18(12-16)28-4/h5-6,8-14H,1,7H2,2-4H3,(H,24,25). The van der Waals surface area contributed by atoms with E-state index < -0.39 is 0 Å². The smallest absolute Gasteiger partial charge is 0.179 e. The van der Waals surface area contributed by atoms with Gasteiger partial charge in [-0.3, -0.25) is 4.99 Å². The summed E-state index contributed by atoms with van der Waals surface area (Å²) >= 11 is 0. The van der Waals surface area contributed by atoms with Crippen molar-refractivity contribution in [1.82, 2.24) is 9.55 Å². The highest BCUT2D eigenvalue weighted by atomic mass is 16.5. The van der Waals surface area contributed by atoms with Crippen LogP contribution in [-0.2, 0) is 13.5 Å². The summed E-state index contributed by atoms with van der Waals surface area (Å²) in [6.45, 7) is 3.61. The van der Waals surface area contributed by atoms with E-state index in [1.54, 1.807) is 20.3 Å². The van der Waals surface area contributed by atoms with Gasteiger partial charge in [-0.05, 0) is 30.5 Å². The first-order chi connectivity index (χ1) is 13.6. The molecular formula is C21H23N5O2. The lowest BCUT2D eigenvalue weighted by Gasteiger charge is -2.11. The summed E-state index contributed by atoms with van der Waals surface area (Å²) in [5.74, 6) is 2.46. The highest BCUT2D eigenvalue weighted by Crippen LogP contribution is 2.31. The summed E-state index contributed by atoms with van der Waals surface area (Å²) in [7, 11) is 5.21. The van der Waals surface area contributed by atoms with Gasteiger partial charge >= 0.3 is 0 Å². The molecule has 0 unspecified atom stereocenters. The molecule has 2 heterocycles. The summed E-state index contributed by atoms with van der Waals surface area (Å²) in [5.41, 5.74) is 2.65. The second-order valence-corrected chi connectivity index (χ2v) is 6.12. The van der Waals surface area contributed by atoms with Gasteiger partial charge in [-0.15, -0.1) is 0 Å². The summed E-state index contributed by atoms with van der Waals surface area (Å²) in [6, 6.07) is 11.3. The molecule has 0 aliphatic carbocycles. The molecule has 7 nitrogen and oxygen atoms in total. The van der Waals surface area contributed by atoms with Crippen LogP contribution in [0, 0.1) is 0 Å². The molecule has 0 saturated carbocycles. The monoisotopic (exact) mass is 377 g/mol. The van der Waals surface area contributed by atoms with E-state index >= 15 is 0 Å². The largest absolute Gasteiger partial charge is 0.497 e. The van der Waals surface area contributed by atoms with Gasteiger partial charge in [0, 0.05) is 56.0 Å². The minimum absolute atomic E-state index is 0.462. The molecule has 28 heavy (non-hydrogen) atoms. The summed E-state index contributed by atoms with van der Waals surface area (Å²) in [5, 5.41) is 3.23. The van der Waals surface area contributed by atoms with Crippen LogP contribution < -0.4 is 14.8 Å². The van der Waals surface area contributed by atoms with Crippen molar-refractivity contribution in [2.75, 3.05) is 19.5 Å². The second kappa shape index (κ2) is 8.85. The number of pyridine rings is 1. The van der Waals surface area contributed by atoms with Crippen molar-refractivity contribution in [1.29, 1.82) is 0 Å². The summed E-state index contributed by atoms with van der Waals surface area (Å²) in [6.07, 6.45) is 6.66. The quantitative estimate of drug-likeness (QED) is 0.588. The average Bonchev–Trinajstić information content (AvgIpc) is 3.13. The topological polar surface area (TPSA) is 73.0 Å². The van der Waals surface area contributed by atoms with E-state index in [1.165, 1.54) is 5.56 Å². The first-order valence-corrected chi connectivity index (χ1v) is 8.72. The van der Waals surface area contributed by atoms with Gasteiger partial charge in [0.05, 0.1) is 14.2 Å². The molecular weight excluding hydrogens is 354 g/mol. The number of anilines is 2. The fourth-order valence-corrected chi connectivity index (χ4v) is 2.69. The molecule has 3 rings (SSSR count). The maximum absolute atomic E-state index is 5.29. The number of aliphatic imine (C=N–C) groups is 2. The van der Waals surface area contributed by atoms with Crippen LogP contribution in [-0.4, -0.2) is 36.7 Å². The molecule has 3 aromatic rings. The lowest BCUT2D eigenvalue weighted by atomic mass is 10.2. The summed E-state index contributed by atoms with van der Waals surface area (Å²) < 4.78 is 12.6. The van der Waals surface area contributed by atoms with Gasteiger partial charge in [0.25, 0.3) is 0 Å². The molecule has 144 valence electrons. The molecule has 0 aliphatic rings. The molecule has 0 bridgehead atoms. The number of aromatic nitrogens is 2. The van der Waals surface area contributed by atoms with Crippen molar-refractivity contribution in [3.63, 3.8) is 0 Å². The zero-order chi connectivity index (χ0) is 19.9. The van der Waals surface area contributed by atoms with Gasteiger partial charge < -0.3 is 19.4 Å². The Morgan fingerprint density at radius 3 is 2.50 bits per heavy atom. The Morgan fingerprint density at radius 1 is 1.14 bits per heavy atom. The Morgan fingerprint density at radius 2 is 1.89 bits per heavy atom. The zero-order valence-electron chi connectivity index (χ0n) is 16.2. The number of aryl methyl sites for hydroxylation is 1. The van der Waals surface area contributed by atoms with Crippen molar-refractivity contribution in [2.45, 2.75) is 6.42 Å². The van der Waals surface area contributed by atoms with Crippen LogP contribution in [0.2, 0.25) is 0 Å². The van der Waals surface area contributed by atoms with Crippen molar-refractivity contribution >= 4 is 35.9 Å². The predicted molar refractivity (Wildman–Crippen MR) is 114 cm³/mol. The molecule has 0 radical (unpaired) electrons. The van der Waals surface area contributed by atoms with Crippen LogP contribution >= 0.6 is 0 Å². The molecule has 0 aliphatic heterocycles. The molecule has 0 atom stereocenters. The van der Waals surface area contributed by atoms with Crippen LogP contribution in [0.25, 0.3) is 0 Å². The molecule has 1 aromatic carbocycles. The van der Waals surface area contributed by atoms with Crippen molar-refractivity contribution in [3.8, 4) is 11.5 Å². The Hall–Kier alpha value is -3.61. The van der Waals surface area contributed by atoms with E-state index in [2.05, 4.69) is 39.3 Å². The van der Waals surface area contributed by atoms with Crippen LogP contribution in [0.5, 0.6) is 11.5 Å². The van der Waals surface area contributed by atoms with Gasteiger partial charge in [0.15, 0.2) is 5.82 Å². The number of methoxy groups -OCH3 is 2. The number of nitrogens with one attached hydrogen (secondary N) is 1. The Balaban J connectivity index is 1.76. The number of rotatable bonds is 8. The van der Waals surface area contributed by atoms with E-state index in [0.717, 1.165) is 12.1 Å². The SMILES string of the molecule is C=Nc1nc(Nc2cc(OC)cc(OC)c2)ccc1N=CCc1ccn(C)c1. The van der Waals surface area contributed by atoms with Gasteiger partial charge in [-0.25, -0.2) is 9.98 Å². The molecule has 1 N–H and O–H groups in total. The van der Waals surface area contributed by atoms with Crippen LogP contribution in [0.4, 0.5) is 23.0 Å². The fourth-order valence-electron chi connectivity index (χ4n) is 2.69. The third kappa shape index (κ3) is 4.76. The highest BCUT2D eigenvalue weighted by molar-refractivity contribution is 5.73. The number of ether oxygens (including phenoxy) is 2. The van der Waals surface area contributed by atoms with Gasteiger partial charge in [0.2, 0.25) is 0 Å².